The molecule has 15 heavy (non-hydrogen) atoms. The number of halogens is 1. The molecular formula is C12H11IOS. The molecule has 0 radical (unpaired) electrons. The van der Waals surface area contributed by atoms with Crippen LogP contribution in [-0.2, 0) is 11.5 Å². The van der Waals surface area contributed by atoms with Gasteiger partial charge in [-0.25, -0.2) is 0 Å². The van der Waals surface area contributed by atoms with E-state index in [-0.39, 0.29) is 0 Å². The third kappa shape index (κ3) is 3.57. The van der Waals surface area contributed by atoms with Crippen molar-refractivity contribution in [3.05, 3.63) is 57.6 Å². The molecule has 1 nitrogen and oxygen atoms in total. The van der Waals surface area contributed by atoms with Crippen molar-refractivity contribution in [2.45, 2.75) is 11.5 Å². The van der Waals surface area contributed by atoms with Crippen molar-refractivity contribution in [2.75, 3.05) is 0 Å². The van der Waals surface area contributed by atoms with E-state index < -0.39 is 0 Å². The smallest absolute Gasteiger partial charge is 0.113 e. The van der Waals surface area contributed by atoms with E-state index >= 15 is 0 Å². The molecular weight excluding hydrogens is 319 g/mol. The van der Waals surface area contributed by atoms with E-state index in [0.717, 1.165) is 17.3 Å². The van der Waals surface area contributed by atoms with Gasteiger partial charge in [-0.15, -0.1) is 11.8 Å². The zero-order valence-corrected chi connectivity index (χ0v) is 11.1. The summed E-state index contributed by atoms with van der Waals surface area (Å²) in [5.74, 6) is 3.03. The molecule has 2 aromatic rings. The second-order valence-electron chi connectivity index (χ2n) is 3.20. The second kappa shape index (κ2) is 5.61. The van der Waals surface area contributed by atoms with Crippen molar-refractivity contribution in [3.63, 3.8) is 0 Å². The fourth-order valence-electron chi connectivity index (χ4n) is 1.24. The van der Waals surface area contributed by atoms with E-state index in [1.807, 2.05) is 23.9 Å². The number of hydrogen-bond acceptors (Lipinski definition) is 2. The first-order chi connectivity index (χ1) is 7.34. The van der Waals surface area contributed by atoms with Gasteiger partial charge in [-0.2, -0.15) is 0 Å². The van der Waals surface area contributed by atoms with Gasteiger partial charge in [0.05, 0.1) is 12.0 Å². The van der Waals surface area contributed by atoms with Crippen LogP contribution in [0.4, 0.5) is 0 Å². The van der Waals surface area contributed by atoms with Crippen molar-refractivity contribution in [3.8, 4) is 0 Å². The van der Waals surface area contributed by atoms with E-state index in [2.05, 4.69) is 46.9 Å². The van der Waals surface area contributed by atoms with E-state index in [1.165, 1.54) is 9.13 Å². The fraction of sp³-hybridized carbons (Fsp3) is 0.167. The molecule has 0 aliphatic carbocycles. The molecule has 0 bridgehead atoms. The summed E-state index contributed by atoms with van der Waals surface area (Å²) in [5, 5.41) is 0. The summed E-state index contributed by atoms with van der Waals surface area (Å²) < 4.78 is 6.55. The zero-order valence-electron chi connectivity index (χ0n) is 8.15. The van der Waals surface area contributed by atoms with Gasteiger partial charge in [-0.1, -0.05) is 12.1 Å². The molecule has 0 saturated heterocycles. The Balaban J connectivity index is 1.81. The minimum absolute atomic E-state index is 0.943. The fourth-order valence-corrected chi connectivity index (χ4v) is 2.50. The van der Waals surface area contributed by atoms with Crippen LogP contribution in [0.3, 0.4) is 0 Å². The van der Waals surface area contributed by atoms with E-state index in [0.29, 0.717) is 0 Å². The van der Waals surface area contributed by atoms with Crippen LogP contribution in [0.2, 0.25) is 0 Å². The van der Waals surface area contributed by atoms with Gasteiger partial charge < -0.3 is 4.42 Å². The average Bonchev–Trinajstić information content (AvgIpc) is 2.74. The topological polar surface area (TPSA) is 13.1 Å². The number of rotatable bonds is 4. The third-order valence-electron chi connectivity index (χ3n) is 2.01. The molecule has 0 atom stereocenters. The van der Waals surface area contributed by atoms with Crippen molar-refractivity contribution < 1.29 is 4.42 Å². The monoisotopic (exact) mass is 330 g/mol. The van der Waals surface area contributed by atoms with Gasteiger partial charge in [0.25, 0.3) is 0 Å². The standard InChI is InChI=1S/C12H11IOS/c13-11-5-3-10(4-6-11)8-15-9-12-2-1-7-14-12/h1-7H,8-9H2. The number of benzene rings is 1. The normalized spacial score (nSPS) is 10.5. The van der Waals surface area contributed by atoms with Crippen LogP contribution in [0, 0.1) is 3.57 Å². The van der Waals surface area contributed by atoms with Crippen LogP contribution in [0.1, 0.15) is 11.3 Å². The Bertz CT molecular complexity index is 394. The molecule has 0 unspecified atom stereocenters. The first kappa shape index (κ1) is 11.1. The van der Waals surface area contributed by atoms with E-state index in [4.69, 9.17) is 4.42 Å². The summed E-state index contributed by atoms with van der Waals surface area (Å²) in [5.41, 5.74) is 1.37. The van der Waals surface area contributed by atoms with Crippen molar-refractivity contribution in [2.24, 2.45) is 0 Å². The average molecular weight is 330 g/mol. The van der Waals surface area contributed by atoms with Gasteiger partial charge in [0.2, 0.25) is 0 Å². The van der Waals surface area contributed by atoms with Gasteiger partial charge in [-0.05, 0) is 52.4 Å². The van der Waals surface area contributed by atoms with Crippen LogP contribution >= 0.6 is 34.4 Å². The summed E-state index contributed by atoms with van der Waals surface area (Å²) in [6, 6.07) is 12.6. The highest BCUT2D eigenvalue weighted by Gasteiger charge is 1.97. The van der Waals surface area contributed by atoms with Crippen LogP contribution in [-0.4, -0.2) is 0 Å². The first-order valence-electron chi connectivity index (χ1n) is 4.69. The van der Waals surface area contributed by atoms with Crippen LogP contribution in [0.15, 0.2) is 47.1 Å². The SMILES string of the molecule is Ic1ccc(CSCc2ccco2)cc1. The summed E-state index contributed by atoms with van der Waals surface area (Å²) in [6.45, 7) is 0. The molecule has 0 spiro atoms. The predicted molar refractivity (Wildman–Crippen MR) is 72.9 cm³/mol. The Kier molecular flexibility index (Phi) is 4.14. The Morgan fingerprint density at radius 2 is 1.87 bits per heavy atom. The maximum absolute atomic E-state index is 5.27. The number of furan rings is 1. The van der Waals surface area contributed by atoms with Gasteiger partial charge >= 0.3 is 0 Å². The van der Waals surface area contributed by atoms with Gasteiger partial charge in [0, 0.05) is 9.32 Å². The van der Waals surface area contributed by atoms with Crippen LogP contribution in [0.5, 0.6) is 0 Å². The van der Waals surface area contributed by atoms with Crippen LogP contribution < -0.4 is 0 Å². The van der Waals surface area contributed by atoms with Crippen molar-refractivity contribution in [1.29, 1.82) is 0 Å². The van der Waals surface area contributed by atoms with Gasteiger partial charge in [0.15, 0.2) is 0 Å². The zero-order chi connectivity index (χ0) is 10.5. The summed E-state index contributed by atoms with van der Waals surface area (Å²) in [6.07, 6.45) is 1.72. The van der Waals surface area contributed by atoms with Crippen LogP contribution in [0.25, 0.3) is 0 Å². The molecule has 1 heterocycles. The molecule has 0 fully saturated rings. The largest absolute Gasteiger partial charge is 0.468 e. The van der Waals surface area contributed by atoms with Crippen molar-refractivity contribution in [1.82, 2.24) is 0 Å². The molecule has 0 saturated carbocycles. The first-order valence-corrected chi connectivity index (χ1v) is 6.92. The van der Waals surface area contributed by atoms with E-state index in [9.17, 15) is 0 Å². The van der Waals surface area contributed by atoms with E-state index in [1.54, 1.807) is 6.26 Å². The molecule has 0 aliphatic heterocycles. The highest BCUT2D eigenvalue weighted by Crippen LogP contribution is 2.18. The molecule has 0 N–H and O–H groups in total. The molecule has 78 valence electrons. The second-order valence-corrected chi connectivity index (χ2v) is 5.43. The highest BCUT2D eigenvalue weighted by atomic mass is 127. The summed E-state index contributed by atoms with van der Waals surface area (Å²) in [7, 11) is 0. The molecule has 1 aromatic heterocycles. The Labute approximate surface area is 107 Å². The predicted octanol–water partition coefficient (Wildman–Crippen LogP) is 4.32. The maximum Gasteiger partial charge on any atom is 0.113 e. The molecule has 3 heteroatoms. The minimum atomic E-state index is 0.943. The Morgan fingerprint density at radius 3 is 2.53 bits per heavy atom. The molecule has 2 rings (SSSR count). The minimum Gasteiger partial charge on any atom is -0.468 e. The lowest BCUT2D eigenvalue weighted by Gasteiger charge is -2.00. The maximum atomic E-state index is 5.27. The molecule has 1 aromatic carbocycles. The molecule has 0 aliphatic rings. The number of hydrogen-bond donors (Lipinski definition) is 0. The number of thioether (sulfide) groups is 1. The lowest BCUT2D eigenvalue weighted by Crippen LogP contribution is -1.82. The lowest BCUT2D eigenvalue weighted by molar-refractivity contribution is 0.530. The summed E-state index contributed by atoms with van der Waals surface area (Å²) in [4.78, 5) is 0. The summed E-state index contributed by atoms with van der Waals surface area (Å²) >= 11 is 4.19. The quantitative estimate of drug-likeness (QED) is 0.775. The highest BCUT2D eigenvalue weighted by molar-refractivity contribution is 14.1. The lowest BCUT2D eigenvalue weighted by atomic mass is 10.2. The molecule has 0 amide bonds. The Morgan fingerprint density at radius 1 is 1.07 bits per heavy atom. The Hall–Kier alpha value is -0.420. The van der Waals surface area contributed by atoms with Gasteiger partial charge in [0.1, 0.15) is 5.76 Å². The van der Waals surface area contributed by atoms with Crippen molar-refractivity contribution >= 4 is 34.4 Å². The third-order valence-corrected chi connectivity index (χ3v) is 3.75. The van der Waals surface area contributed by atoms with Gasteiger partial charge in [-0.3, -0.25) is 0 Å².